The van der Waals surface area contributed by atoms with E-state index in [1.54, 1.807) is 19.9 Å². The number of nitriles is 1. The Labute approximate surface area is 113 Å². The molecule has 0 radical (unpaired) electrons. The van der Waals surface area contributed by atoms with Crippen LogP contribution in [0.2, 0.25) is 0 Å². The minimum atomic E-state index is -0.781. The van der Waals surface area contributed by atoms with Gasteiger partial charge in [0.2, 0.25) is 0 Å². The Bertz CT molecular complexity index is 478. The van der Waals surface area contributed by atoms with E-state index >= 15 is 0 Å². The van der Waals surface area contributed by atoms with Crippen molar-refractivity contribution in [1.29, 1.82) is 5.26 Å². The van der Waals surface area contributed by atoms with Gasteiger partial charge in [-0.05, 0) is 19.9 Å². The molecule has 0 amide bonds. The lowest BCUT2D eigenvalue weighted by Crippen LogP contribution is -2.47. The van der Waals surface area contributed by atoms with Crippen LogP contribution in [0.25, 0.3) is 0 Å². The highest BCUT2D eigenvalue weighted by Gasteiger charge is 2.27. The summed E-state index contributed by atoms with van der Waals surface area (Å²) in [6.07, 6.45) is 0. The highest BCUT2D eigenvalue weighted by molar-refractivity contribution is 5.79. The van der Waals surface area contributed by atoms with Crippen molar-refractivity contribution < 1.29 is 14.3 Å². The van der Waals surface area contributed by atoms with Gasteiger partial charge >= 0.3 is 5.97 Å². The molecule has 0 saturated heterocycles. The van der Waals surface area contributed by atoms with Crippen LogP contribution in [-0.2, 0) is 16.1 Å². The molecular weight excluding hydrogens is 244 g/mol. The van der Waals surface area contributed by atoms with Crippen molar-refractivity contribution in [1.82, 2.24) is 5.32 Å². The topological polar surface area (TPSA) is 71.3 Å². The van der Waals surface area contributed by atoms with Gasteiger partial charge in [0.05, 0.1) is 7.11 Å². The number of para-hydroxylation sites is 1. The smallest absolute Gasteiger partial charge is 0.325 e. The number of carbonyl (C=O) groups excluding carboxylic acids is 1. The van der Waals surface area contributed by atoms with Gasteiger partial charge in [-0.15, -0.1) is 0 Å². The molecule has 102 valence electrons. The molecule has 0 aromatic heterocycles. The van der Waals surface area contributed by atoms with Crippen LogP contribution in [0.1, 0.15) is 19.4 Å². The molecule has 1 rings (SSSR count). The molecule has 0 fully saturated rings. The van der Waals surface area contributed by atoms with Gasteiger partial charge in [0.15, 0.2) is 6.61 Å². The fourth-order valence-corrected chi connectivity index (χ4v) is 1.54. The van der Waals surface area contributed by atoms with Gasteiger partial charge in [-0.3, -0.25) is 10.1 Å². The van der Waals surface area contributed by atoms with Crippen molar-refractivity contribution in [3.8, 4) is 11.8 Å². The molecule has 0 bridgehead atoms. The number of esters is 1. The van der Waals surface area contributed by atoms with E-state index in [0.717, 1.165) is 5.56 Å². The Hall–Kier alpha value is -2.06. The maximum absolute atomic E-state index is 11.6. The lowest BCUT2D eigenvalue weighted by molar-refractivity contribution is -0.147. The number of nitrogens with zero attached hydrogens (tertiary/aromatic N) is 1. The minimum Gasteiger partial charge on any atom is -0.478 e. The van der Waals surface area contributed by atoms with Gasteiger partial charge in [-0.25, -0.2) is 0 Å². The number of ether oxygens (including phenoxy) is 2. The molecule has 0 heterocycles. The second kappa shape index (κ2) is 6.76. The Balaban J connectivity index is 2.72. The number of methoxy groups -OCH3 is 1. The summed E-state index contributed by atoms with van der Waals surface area (Å²) < 4.78 is 10.0. The van der Waals surface area contributed by atoms with Crippen molar-refractivity contribution in [2.45, 2.75) is 25.9 Å². The van der Waals surface area contributed by atoms with Crippen molar-refractivity contribution in [2.75, 3.05) is 13.7 Å². The first-order valence-corrected chi connectivity index (χ1v) is 5.92. The van der Waals surface area contributed by atoms with E-state index in [1.165, 1.54) is 7.11 Å². The van der Waals surface area contributed by atoms with Gasteiger partial charge in [-0.2, -0.15) is 5.26 Å². The summed E-state index contributed by atoms with van der Waals surface area (Å²) >= 11 is 0. The van der Waals surface area contributed by atoms with Crippen LogP contribution in [0.3, 0.4) is 0 Å². The first kappa shape index (κ1) is 15.0. The number of benzene rings is 1. The molecule has 0 saturated carbocycles. The summed E-state index contributed by atoms with van der Waals surface area (Å²) in [4.78, 5) is 11.6. The zero-order valence-corrected chi connectivity index (χ0v) is 11.4. The van der Waals surface area contributed by atoms with Crippen LogP contribution in [0.15, 0.2) is 24.3 Å². The number of carbonyl (C=O) groups is 1. The molecule has 5 heteroatoms. The molecule has 0 atom stereocenters. The Morgan fingerprint density at radius 3 is 2.74 bits per heavy atom. The quantitative estimate of drug-likeness (QED) is 0.789. The molecule has 19 heavy (non-hydrogen) atoms. The lowest BCUT2D eigenvalue weighted by Gasteiger charge is -2.23. The van der Waals surface area contributed by atoms with Gasteiger partial charge in [0.1, 0.15) is 17.4 Å². The summed E-state index contributed by atoms with van der Waals surface area (Å²) in [5.74, 6) is 0.306. The molecule has 0 aliphatic heterocycles. The molecule has 0 aliphatic carbocycles. The van der Waals surface area contributed by atoms with Gasteiger partial charge in [0.25, 0.3) is 0 Å². The number of rotatable bonds is 6. The lowest BCUT2D eigenvalue weighted by atomic mass is 10.1. The highest BCUT2D eigenvalue weighted by Crippen LogP contribution is 2.18. The van der Waals surface area contributed by atoms with Crippen LogP contribution in [0.4, 0.5) is 0 Å². The Kier molecular flexibility index (Phi) is 5.34. The van der Waals surface area contributed by atoms with Gasteiger partial charge in [-0.1, -0.05) is 18.2 Å². The standard InChI is InChI=1S/C14H18N2O3/c1-14(2,13(17)18-3)16-10-11-6-4-5-7-12(11)19-9-8-15/h4-7,16H,9-10H2,1-3H3. The molecule has 0 spiro atoms. The molecule has 0 aliphatic rings. The second-order valence-corrected chi connectivity index (χ2v) is 4.52. The van der Waals surface area contributed by atoms with Crippen LogP contribution >= 0.6 is 0 Å². The van der Waals surface area contributed by atoms with Gasteiger partial charge in [0, 0.05) is 12.1 Å². The molecule has 1 aromatic rings. The Morgan fingerprint density at radius 2 is 2.11 bits per heavy atom. The zero-order chi connectivity index (χ0) is 14.3. The van der Waals surface area contributed by atoms with Crippen LogP contribution in [-0.4, -0.2) is 25.2 Å². The minimum absolute atomic E-state index is 0.00257. The van der Waals surface area contributed by atoms with E-state index in [9.17, 15) is 4.79 Å². The summed E-state index contributed by atoms with van der Waals surface area (Å²) in [5, 5.41) is 11.6. The van der Waals surface area contributed by atoms with Crippen molar-refractivity contribution in [3.63, 3.8) is 0 Å². The van der Waals surface area contributed by atoms with E-state index in [4.69, 9.17) is 14.7 Å². The summed E-state index contributed by atoms with van der Waals surface area (Å²) in [6, 6.07) is 9.31. The SMILES string of the molecule is COC(=O)C(C)(C)NCc1ccccc1OCC#N. The van der Waals surface area contributed by atoms with Crippen molar-refractivity contribution in [2.24, 2.45) is 0 Å². The molecule has 1 N–H and O–H groups in total. The van der Waals surface area contributed by atoms with E-state index in [-0.39, 0.29) is 12.6 Å². The maximum Gasteiger partial charge on any atom is 0.325 e. The first-order valence-electron chi connectivity index (χ1n) is 5.92. The molecule has 1 aromatic carbocycles. The molecule has 5 nitrogen and oxygen atoms in total. The third-order valence-electron chi connectivity index (χ3n) is 2.68. The van der Waals surface area contributed by atoms with E-state index in [0.29, 0.717) is 12.3 Å². The zero-order valence-electron chi connectivity index (χ0n) is 11.4. The van der Waals surface area contributed by atoms with Crippen molar-refractivity contribution >= 4 is 5.97 Å². The summed E-state index contributed by atoms with van der Waals surface area (Å²) in [5.41, 5.74) is 0.103. The Morgan fingerprint density at radius 1 is 1.42 bits per heavy atom. The first-order chi connectivity index (χ1) is 9.01. The number of hydrogen-bond donors (Lipinski definition) is 1. The monoisotopic (exact) mass is 262 g/mol. The third kappa shape index (κ3) is 4.27. The highest BCUT2D eigenvalue weighted by atomic mass is 16.5. The molecular formula is C14H18N2O3. The van der Waals surface area contributed by atoms with Crippen LogP contribution < -0.4 is 10.1 Å². The second-order valence-electron chi connectivity index (χ2n) is 4.52. The average Bonchev–Trinajstić information content (AvgIpc) is 2.42. The fourth-order valence-electron chi connectivity index (χ4n) is 1.54. The van der Waals surface area contributed by atoms with Crippen LogP contribution in [0.5, 0.6) is 5.75 Å². The molecule has 0 unspecified atom stereocenters. The van der Waals surface area contributed by atoms with Gasteiger partial charge < -0.3 is 9.47 Å². The normalized spacial score (nSPS) is 10.6. The maximum atomic E-state index is 11.6. The average molecular weight is 262 g/mol. The summed E-state index contributed by atoms with van der Waals surface area (Å²) in [6.45, 7) is 3.94. The largest absolute Gasteiger partial charge is 0.478 e. The number of nitrogens with one attached hydrogen (secondary N) is 1. The van der Waals surface area contributed by atoms with E-state index < -0.39 is 5.54 Å². The van der Waals surface area contributed by atoms with Crippen molar-refractivity contribution in [3.05, 3.63) is 29.8 Å². The number of hydrogen-bond acceptors (Lipinski definition) is 5. The van der Waals surface area contributed by atoms with Crippen LogP contribution in [0, 0.1) is 11.3 Å². The predicted octanol–water partition coefficient (Wildman–Crippen LogP) is 1.63. The predicted molar refractivity (Wildman–Crippen MR) is 70.5 cm³/mol. The fraction of sp³-hybridized carbons (Fsp3) is 0.429. The summed E-state index contributed by atoms with van der Waals surface area (Å²) in [7, 11) is 1.36. The van der Waals surface area contributed by atoms with E-state index in [1.807, 2.05) is 24.3 Å². The van der Waals surface area contributed by atoms with E-state index in [2.05, 4.69) is 5.32 Å². The third-order valence-corrected chi connectivity index (χ3v) is 2.68.